The zero-order chi connectivity index (χ0) is 21.7. The number of benzene rings is 3. The van der Waals surface area contributed by atoms with Crippen LogP contribution in [0.15, 0.2) is 82.8 Å². The first-order valence-electron chi connectivity index (χ1n) is 9.92. The van der Waals surface area contributed by atoms with Crippen LogP contribution in [-0.2, 0) is 27.4 Å². The molecule has 0 saturated heterocycles. The smallest absolute Gasteiger partial charge is 0.358 e. The van der Waals surface area contributed by atoms with Crippen molar-refractivity contribution in [2.24, 2.45) is 5.16 Å². The highest BCUT2D eigenvalue weighted by atomic mass is 32.2. The molecule has 0 amide bonds. The Kier molecular flexibility index (Phi) is 6.13. The van der Waals surface area contributed by atoms with Crippen molar-refractivity contribution in [1.29, 1.82) is 0 Å². The molecule has 0 bridgehead atoms. The van der Waals surface area contributed by atoms with Crippen molar-refractivity contribution < 1.29 is 22.2 Å². The van der Waals surface area contributed by atoms with Gasteiger partial charge >= 0.3 is 10.1 Å². The van der Waals surface area contributed by atoms with Crippen LogP contribution in [0.4, 0.5) is 0 Å². The van der Waals surface area contributed by atoms with Crippen molar-refractivity contribution in [3.63, 3.8) is 0 Å². The molecule has 0 saturated carbocycles. The van der Waals surface area contributed by atoms with E-state index in [0.29, 0.717) is 42.0 Å². The van der Waals surface area contributed by atoms with Gasteiger partial charge in [0.1, 0.15) is 17.3 Å². The van der Waals surface area contributed by atoms with Crippen LogP contribution in [0, 0.1) is 0 Å². The maximum atomic E-state index is 12.4. The van der Waals surface area contributed by atoms with E-state index in [1.54, 1.807) is 30.3 Å². The summed E-state index contributed by atoms with van der Waals surface area (Å²) in [5.74, 6) is 0.497. The van der Waals surface area contributed by atoms with Crippen LogP contribution in [0.5, 0.6) is 5.75 Å². The van der Waals surface area contributed by atoms with Crippen LogP contribution in [0.3, 0.4) is 0 Å². The quantitative estimate of drug-likeness (QED) is 0.402. The maximum Gasteiger partial charge on any atom is 0.358 e. The number of fused-ring (bicyclic) bond motifs is 1. The SMILES string of the molecule is O=Cc1c(OCc2ccccc2)ccc2c1CCC/C2=N\OS(=O)(=O)c1ccccc1. The average molecular weight is 436 g/mol. The summed E-state index contributed by atoms with van der Waals surface area (Å²) in [5.41, 5.74) is 3.47. The highest BCUT2D eigenvalue weighted by Crippen LogP contribution is 2.31. The molecule has 1 aliphatic carbocycles. The monoisotopic (exact) mass is 435 g/mol. The Bertz CT molecular complexity index is 1210. The summed E-state index contributed by atoms with van der Waals surface area (Å²) in [6.45, 7) is 0.347. The highest BCUT2D eigenvalue weighted by Gasteiger charge is 2.23. The summed E-state index contributed by atoms with van der Waals surface area (Å²) in [4.78, 5) is 11.9. The largest absolute Gasteiger partial charge is 0.488 e. The van der Waals surface area contributed by atoms with Gasteiger partial charge in [-0.25, -0.2) is 0 Å². The number of nitrogens with zero attached hydrogens (tertiary/aromatic N) is 1. The number of carbonyl (C=O) groups is 1. The summed E-state index contributed by atoms with van der Waals surface area (Å²) in [6.07, 6.45) is 2.74. The van der Waals surface area contributed by atoms with Gasteiger partial charge in [0.2, 0.25) is 0 Å². The van der Waals surface area contributed by atoms with E-state index in [-0.39, 0.29) is 4.90 Å². The zero-order valence-electron chi connectivity index (χ0n) is 16.7. The number of ether oxygens (including phenoxy) is 1. The third-order valence-electron chi connectivity index (χ3n) is 5.10. The number of aldehydes is 1. The van der Waals surface area contributed by atoms with Crippen molar-refractivity contribution >= 4 is 22.1 Å². The van der Waals surface area contributed by atoms with Gasteiger partial charge in [-0.3, -0.25) is 9.08 Å². The third-order valence-corrected chi connectivity index (χ3v) is 6.22. The molecule has 0 aromatic heterocycles. The first-order valence-corrected chi connectivity index (χ1v) is 11.3. The molecular formula is C24H21NO5S. The third kappa shape index (κ3) is 4.67. The standard InChI is InChI=1S/C24H21NO5S/c26-16-22-20-12-7-13-23(25-30-31(27,28)19-10-5-2-6-11-19)21(20)14-15-24(22)29-17-18-8-3-1-4-9-18/h1-6,8-11,14-16H,7,12-13,17H2/b25-23+. The minimum Gasteiger partial charge on any atom is -0.488 e. The Morgan fingerprint density at radius 2 is 1.61 bits per heavy atom. The highest BCUT2D eigenvalue weighted by molar-refractivity contribution is 7.86. The van der Waals surface area contributed by atoms with Gasteiger partial charge in [-0.2, -0.15) is 8.42 Å². The number of hydrogen-bond acceptors (Lipinski definition) is 6. The first-order chi connectivity index (χ1) is 15.1. The molecule has 0 aliphatic heterocycles. The van der Waals surface area contributed by atoms with Crippen molar-refractivity contribution in [2.45, 2.75) is 30.8 Å². The van der Waals surface area contributed by atoms with Gasteiger partial charge in [0.25, 0.3) is 0 Å². The van der Waals surface area contributed by atoms with E-state index in [4.69, 9.17) is 9.02 Å². The van der Waals surface area contributed by atoms with E-state index in [1.165, 1.54) is 12.1 Å². The Morgan fingerprint density at radius 1 is 0.903 bits per heavy atom. The first kappa shape index (κ1) is 20.8. The van der Waals surface area contributed by atoms with Gasteiger partial charge in [0.05, 0.1) is 11.3 Å². The molecule has 0 radical (unpaired) electrons. The van der Waals surface area contributed by atoms with Crippen LogP contribution >= 0.6 is 0 Å². The molecule has 0 fully saturated rings. The molecule has 4 rings (SSSR count). The predicted octanol–water partition coefficient (Wildman–Crippen LogP) is 4.52. The summed E-state index contributed by atoms with van der Waals surface area (Å²) in [6, 6.07) is 21.1. The Labute approximate surface area is 181 Å². The fourth-order valence-corrected chi connectivity index (χ4v) is 4.32. The predicted molar refractivity (Wildman–Crippen MR) is 117 cm³/mol. The minimum absolute atomic E-state index is 0.0358. The molecule has 3 aromatic rings. The van der Waals surface area contributed by atoms with Gasteiger partial charge in [-0.15, -0.1) is 0 Å². The van der Waals surface area contributed by atoms with Crippen molar-refractivity contribution in [3.05, 3.63) is 95.1 Å². The van der Waals surface area contributed by atoms with Gasteiger partial charge in [0, 0.05) is 5.56 Å². The summed E-state index contributed by atoms with van der Waals surface area (Å²) in [7, 11) is -4.01. The zero-order valence-corrected chi connectivity index (χ0v) is 17.5. The van der Waals surface area contributed by atoms with Crippen molar-refractivity contribution in [2.75, 3.05) is 0 Å². The Morgan fingerprint density at radius 3 is 2.32 bits per heavy atom. The molecular weight excluding hydrogens is 414 g/mol. The van der Waals surface area contributed by atoms with E-state index < -0.39 is 10.1 Å². The summed E-state index contributed by atoms with van der Waals surface area (Å²) >= 11 is 0. The lowest BCUT2D eigenvalue weighted by atomic mass is 9.87. The van der Waals surface area contributed by atoms with Gasteiger partial charge in [-0.1, -0.05) is 53.7 Å². The summed E-state index contributed by atoms with van der Waals surface area (Å²) < 4.78 is 35.6. The molecule has 0 unspecified atom stereocenters. The van der Waals surface area contributed by atoms with E-state index in [9.17, 15) is 13.2 Å². The molecule has 1 aliphatic rings. The molecule has 0 atom stereocenters. The average Bonchev–Trinajstić information content (AvgIpc) is 2.82. The van der Waals surface area contributed by atoms with E-state index in [2.05, 4.69) is 5.16 Å². The number of carbonyl (C=O) groups excluding carboxylic acids is 1. The second-order valence-electron chi connectivity index (χ2n) is 7.13. The Balaban J connectivity index is 1.60. The van der Waals surface area contributed by atoms with Crippen LogP contribution < -0.4 is 4.74 Å². The van der Waals surface area contributed by atoms with Gasteiger partial charge < -0.3 is 4.74 Å². The molecule has 31 heavy (non-hydrogen) atoms. The normalized spacial score (nSPS) is 14.6. The minimum atomic E-state index is -4.01. The molecule has 0 heterocycles. The maximum absolute atomic E-state index is 12.4. The van der Waals surface area contributed by atoms with E-state index in [0.717, 1.165) is 23.8 Å². The van der Waals surface area contributed by atoms with Crippen LogP contribution in [0.1, 0.15) is 39.9 Å². The number of oxime groups is 1. The second-order valence-corrected chi connectivity index (χ2v) is 8.66. The lowest BCUT2D eigenvalue weighted by Crippen LogP contribution is -2.16. The lowest BCUT2D eigenvalue weighted by molar-refractivity contribution is 0.111. The number of rotatable bonds is 7. The summed E-state index contributed by atoms with van der Waals surface area (Å²) in [5, 5.41) is 3.94. The number of hydrogen-bond donors (Lipinski definition) is 0. The van der Waals surface area contributed by atoms with Gasteiger partial charge in [-0.05, 0) is 54.7 Å². The molecule has 158 valence electrons. The fraction of sp³-hybridized carbons (Fsp3) is 0.167. The second kappa shape index (κ2) is 9.14. The topological polar surface area (TPSA) is 82.0 Å². The van der Waals surface area contributed by atoms with Crippen molar-refractivity contribution in [3.8, 4) is 5.75 Å². The lowest BCUT2D eigenvalue weighted by Gasteiger charge is -2.21. The van der Waals surface area contributed by atoms with E-state index >= 15 is 0 Å². The van der Waals surface area contributed by atoms with Gasteiger partial charge in [0.15, 0.2) is 6.29 Å². The van der Waals surface area contributed by atoms with E-state index in [1.807, 2.05) is 30.3 Å². The molecule has 7 heteroatoms. The Hall–Kier alpha value is -3.45. The molecule has 0 N–H and O–H groups in total. The van der Waals surface area contributed by atoms with Crippen molar-refractivity contribution in [1.82, 2.24) is 0 Å². The molecule has 0 spiro atoms. The fourth-order valence-electron chi connectivity index (χ4n) is 3.56. The van der Waals surface area contributed by atoms with Crippen LogP contribution in [-0.4, -0.2) is 20.4 Å². The van der Waals surface area contributed by atoms with Crippen LogP contribution in [0.25, 0.3) is 0 Å². The molecule has 6 nitrogen and oxygen atoms in total. The molecule has 3 aromatic carbocycles. The van der Waals surface area contributed by atoms with Crippen LogP contribution in [0.2, 0.25) is 0 Å².